The van der Waals surface area contributed by atoms with Gasteiger partial charge in [-0.15, -0.1) is 16.4 Å². The molecule has 124 valence electrons. The van der Waals surface area contributed by atoms with Crippen LogP contribution in [0.3, 0.4) is 0 Å². The lowest BCUT2D eigenvalue weighted by Crippen LogP contribution is -2.29. The number of hydrogen-bond acceptors (Lipinski definition) is 6. The SMILES string of the molecule is Cc1sc(-n2cnnn2)c(C(=O)NC[C@H](O)c2ccccc2)c1C. The number of aryl methyl sites for hydroxylation is 1. The second-order valence-electron chi connectivity index (χ2n) is 5.35. The highest BCUT2D eigenvalue weighted by Gasteiger charge is 2.22. The average Bonchev–Trinajstić information content (AvgIpc) is 3.22. The molecular formula is C16H17N5O2S. The zero-order valence-corrected chi connectivity index (χ0v) is 14.1. The van der Waals surface area contributed by atoms with Crippen LogP contribution in [0.2, 0.25) is 0 Å². The molecule has 2 aromatic heterocycles. The predicted octanol–water partition coefficient (Wildman–Crippen LogP) is 1.80. The minimum Gasteiger partial charge on any atom is -0.387 e. The molecule has 2 N–H and O–H groups in total. The number of benzene rings is 1. The summed E-state index contributed by atoms with van der Waals surface area (Å²) >= 11 is 1.45. The summed E-state index contributed by atoms with van der Waals surface area (Å²) in [6.07, 6.45) is 0.701. The minimum atomic E-state index is -0.758. The lowest BCUT2D eigenvalue weighted by molar-refractivity contribution is 0.0916. The summed E-state index contributed by atoms with van der Waals surface area (Å²) in [5.41, 5.74) is 2.18. The molecule has 1 atom stereocenters. The molecule has 0 bridgehead atoms. The maximum atomic E-state index is 12.6. The molecule has 24 heavy (non-hydrogen) atoms. The van der Waals surface area contributed by atoms with Crippen LogP contribution in [0.5, 0.6) is 0 Å². The Kier molecular flexibility index (Phi) is 4.68. The Bertz CT molecular complexity index is 830. The quantitative estimate of drug-likeness (QED) is 0.737. The lowest BCUT2D eigenvalue weighted by atomic mass is 10.1. The van der Waals surface area contributed by atoms with Crippen LogP contribution in [0, 0.1) is 13.8 Å². The standard InChI is InChI=1S/C16H17N5O2S/c1-10-11(2)24-16(21-9-18-19-20-21)14(10)15(23)17-8-13(22)12-6-4-3-5-7-12/h3-7,9,13,22H,8H2,1-2H3,(H,17,23)/t13-/m0/s1. The molecule has 0 aliphatic carbocycles. The number of tetrazole rings is 1. The van der Waals surface area contributed by atoms with Crippen molar-refractivity contribution in [1.29, 1.82) is 0 Å². The van der Waals surface area contributed by atoms with Crippen LogP contribution in [0.1, 0.15) is 32.5 Å². The van der Waals surface area contributed by atoms with E-state index < -0.39 is 6.10 Å². The molecule has 8 heteroatoms. The highest BCUT2D eigenvalue weighted by Crippen LogP contribution is 2.30. The summed E-state index contributed by atoms with van der Waals surface area (Å²) in [7, 11) is 0. The summed E-state index contributed by atoms with van der Waals surface area (Å²) in [5, 5.41) is 24.8. The Balaban J connectivity index is 1.78. The molecule has 0 spiro atoms. The minimum absolute atomic E-state index is 0.131. The molecule has 1 aromatic carbocycles. The zero-order valence-electron chi connectivity index (χ0n) is 13.3. The van der Waals surface area contributed by atoms with Gasteiger partial charge in [-0.2, -0.15) is 4.68 Å². The number of hydrogen-bond donors (Lipinski definition) is 2. The fourth-order valence-electron chi connectivity index (χ4n) is 2.36. The number of rotatable bonds is 5. The van der Waals surface area contributed by atoms with Gasteiger partial charge in [0, 0.05) is 11.4 Å². The van der Waals surface area contributed by atoms with E-state index in [2.05, 4.69) is 20.8 Å². The van der Waals surface area contributed by atoms with E-state index in [1.165, 1.54) is 22.3 Å². The summed E-state index contributed by atoms with van der Waals surface area (Å²) in [6.45, 7) is 3.97. The van der Waals surface area contributed by atoms with Gasteiger partial charge in [0.25, 0.3) is 5.91 Å². The normalized spacial score (nSPS) is 12.1. The fraction of sp³-hybridized carbons (Fsp3) is 0.250. The molecule has 0 saturated carbocycles. The van der Waals surface area contributed by atoms with Gasteiger partial charge in [0.05, 0.1) is 11.7 Å². The number of carbonyl (C=O) groups excluding carboxylic acids is 1. The van der Waals surface area contributed by atoms with Gasteiger partial charge in [-0.05, 0) is 35.4 Å². The summed E-state index contributed by atoms with van der Waals surface area (Å²) < 4.78 is 1.48. The maximum absolute atomic E-state index is 12.6. The number of aliphatic hydroxyl groups is 1. The van der Waals surface area contributed by atoms with Gasteiger partial charge in [-0.1, -0.05) is 30.3 Å². The van der Waals surface area contributed by atoms with Crippen LogP contribution >= 0.6 is 11.3 Å². The Morgan fingerprint density at radius 2 is 2.08 bits per heavy atom. The first-order chi connectivity index (χ1) is 11.6. The Morgan fingerprint density at radius 1 is 1.33 bits per heavy atom. The number of carbonyl (C=O) groups is 1. The number of aliphatic hydroxyl groups excluding tert-OH is 1. The van der Waals surface area contributed by atoms with Crippen molar-refractivity contribution in [3.8, 4) is 5.00 Å². The summed E-state index contributed by atoms with van der Waals surface area (Å²) in [4.78, 5) is 13.7. The first-order valence-electron chi connectivity index (χ1n) is 7.42. The molecule has 0 fully saturated rings. The predicted molar refractivity (Wildman–Crippen MR) is 90.2 cm³/mol. The van der Waals surface area contributed by atoms with Crippen molar-refractivity contribution in [2.24, 2.45) is 0 Å². The lowest BCUT2D eigenvalue weighted by Gasteiger charge is -2.13. The fourth-order valence-corrected chi connectivity index (χ4v) is 3.43. The number of amides is 1. The average molecular weight is 343 g/mol. The van der Waals surface area contributed by atoms with Crippen molar-refractivity contribution in [3.05, 3.63) is 58.2 Å². The topological polar surface area (TPSA) is 92.9 Å². The van der Waals surface area contributed by atoms with Gasteiger partial charge >= 0.3 is 0 Å². The molecule has 2 heterocycles. The van der Waals surface area contributed by atoms with Crippen LogP contribution in [0.25, 0.3) is 5.00 Å². The van der Waals surface area contributed by atoms with E-state index in [9.17, 15) is 9.90 Å². The zero-order chi connectivity index (χ0) is 17.1. The Hall–Kier alpha value is -2.58. The first kappa shape index (κ1) is 16.3. The van der Waals surface area contributed by atoms with Crippen LogP contribution in [-0.2, 0) is 0 Å². The molecule has 0 unspecified atom stereocenters. The van der Waals surface area contributed by atoms with Gasteiger partial charge in [-0.25, -0.2) is 0 Å². The van der Waals surface area contributed by atoms with Gasteiger partial charge in [0.2, 0.25) is 0 Å². The Morgan fingerprint density at radius 3 is 2.75 bits per heavy atom. The highest BCUT2D eigenvalue weighted by atomic mass is 32.1. The molecule has 7 nitrogen and oxygen atoms in total. The largest absolute Gasteiger partial charge is 0.387 e. The maximum Gasteiger partial charge on any atom is 0.254 e. The number of thiophene rings is 1. The molecule has 0 saturated heterocycles. The molecule has 3 aromatic rings. The van der Waals surface area contributed by atoms with E-state index in [1.807, 2.05) is 44.2 Å². The van der Waals surface area contributed by atoms with Crippen LogP contribution < -0.4 is 5.32 Å². The first-order valence-corrected chi connectivity index (χ1v) is 8.24. The number of aromatic nitrogens is 4. The smallest absolute Gasteiger partial charge is 0.254 e. The van der Waals surface area contributed by atoms with Crippen LogP contribution in [0.15, 0.2) is 36.7 Å². The van der Waals surface area contributed by atoms with Gasteiger partial charge in [-0.3, -0.25) is 4.79 Å². The van der Waals surface area contributed by atoms with E-state index >= 15 is 0 Å². The third-order valence-corrected chi connectivity index (χ3v) is 4.99. The molecule has 0 radical (unpaired) electrons. The van der Waals surface area contributed by atoms with Gasteiger partial charge < -0.3 is 10.4 Å². The molecule has 3 rings (SSSR count). The van der Waals surface area contributed by atoms with Crippen molar-refractivity contribution in [3.63, 3.8) is 0 Å². The van der Waals surface area contributed by atoms with E-state index in [-0.39, 0.29) is 12.5 Å². The van der Waals surface area contributed by atoms with Crippen molar-refractivity contribution >= 4 is 17.2 Å². The highest BCUT2D eigenvalue weighted by molar-refractivity contribution is 7.15. The monoisotopic (exact) mass is 343 g/mol. The summed E-state index contributed by atoms with van der Waals surface area (Å²) in [6, 6.07) is 9.22. The number of nitrogens with one attached hydrogen (secondary N) is 1. The van der Waals surface area contributed by atoms with Crippen LogP contribution in [-0.4, -0.2) is 37.8 Å². The second kappa shape index (κ2) is 6.90. The molecule has 0 aliphatic rings. The van der Waals surface area contributed by atoms with E-state index in [0.717, 1.165) is 16.0 Å². The summed E-state index contributed by atoms with van der Waals surface area (Å²) in [5.74, 6) is -0.252. The van der Waals surface area contributed by atoms with E-state index in [0.29, 0.717) is 10.6 Å². The van der Waals surface area contributed by atoms with Crippen molar-refractivity contribution in [2.75, 3.05) is 6.54 Å². The van der Waals surface area contributed by atoms with Crippen molar-refractivity contribution in [2.45, 2.75) is 20.0 Å². The Labute approximate surface area is 142 Å². The van der Waals surface area contributed by atoms with Crippen molar-refractivity contribution < 1.29 is 9.90 Å². The van der Waals surface area contributed by atoms with E-state index in [4.69, 9.17) is 0 Å². The third-order valence-electron chi connectivity index (χ3n) is 3.79. The third kappa shape index (κ3) is 3.19. The van der Waals surface area contributed by atoms with Gasteiger partial charge in [0.1, 0.15) is 11.3 Å². The molecular weight excluding hydrogens is 326 g/mol. The number of nitrogens with zero attached hydrogens (tertiary/aromatic N) is 4. The molecule has 0 aliphatic heterocycles. The second-order valence-corrected chi connectivity index (χ2v) is 6.56. The van der Waals surface area contributed by atoms with Gasteiger partial charge in [0.15, 0.2) is 0 Å². The van der Waals surface area contributed by atoms with E-state index in [1.54, 1.807) is 0 Å². The van der Waals surface area contributed by atoms with Crippen LogP contribution in [0.4, 0.5) is 0 Å². The molecule has 1 amide bonds. The van der Waals surface area contributed by atoms with Crippen molar-refractivity contribution in [1.82, 2.24) is 25.5 Å².